The zero-order valence-electron chi connectivity index (χ0n) is 10.3. The van der Waals surface area contributed by atoms with E-state index in [1.807, 2.05) is 48.5 Å². The fourth-order valence-electron chi connectivity index (χ4n) is 2.08. The molecule has 0 heterocycles. The molecule has 0 spiro atoms. The second kappa shape index (κ2) is 6.01. The quantitative estimate of drug-likeness (QED) is 0.914. The topological polar surface area (TPSA) is 35.2 Å². The normalized spacial score (nSPS) is 12.4. The van der Waals surface area contributed by atoms with Crippen molar-refractivity contribution in [3.8, 4) is 0 Å². The van der Waals surface area contributed by atoms with Gasteiger partial charge in [0.2, 0.25) is 0 Å². The summed E-state index contributed by atoms with van der Waals surface area (Å²) in [7, 11) is 1.70. The third kappa shape index (κ3) is 2.72. The van der Waals surface area contributed by atoms with Crippen molar-refractivity contribution >= 4 is 11.6 Å². The van der Waals surface area contributed by atoms with Gasteiger partial charge in [0, 0.05) is 18.7 Å². The Morgan fingerprint density at radius 3 is 2.50 bits per heavy atom. The van der Waals surface area contributed by atoms with Crippen molar-refractivity contribution in [1.82, 2.24) is 0 Å². The minimum atomic E-state index is -0.109. The van der Waals surface area contributed by atoms with E-state index >= 15 is 0 Å². The number of benzene rings is 2. The summed E-state index contributed by atoms with van der Waals surface area (Å²) < 4.78 is 5.61. The first-order chi connectivity index (χ1) is 8.76. The molecule has 0 aromatic heterocycles. The van der Waals surface area contributed by atoms with Crippen LogP contribution in [0.25, 0.3) is 0 Å². The zero-order chi connectivity index (χ0) is 13.0. The van der Waals surface area contributed by atoms with Gasteiger partial charge in [0.25, 0.3) is 0 Å². The van der Waals surface area contributed by atoms with Crippen molar-refractivity contribution in [2.75, 3.05) is 7.11 Å². The van der Waals surface area contributed by atoms with Gasteiger partial charge in [0.1, 0.15) is 6.10 Å². The van der Waals surface area contributed by atoms with Crippen LogP contribution in [0, 0.1) is 0 Å². The van der Waals surface area contributed by atoms with E-state index in [1.54, 1.807) is 7.11 Å². The summed E-state index contributed by atoms with van der Waals surface area (Å²) in [6.45, 7) is 0.447. The highest BCUT2D eigenvalue weighted by Crippen LogP contribution is 2.29. The van der Waals surface area contributed by atoms with Crippen molar-refractivity contribution < 1.29 is 4.74 Å². The number of halogens is 1. The molecule has 2 aromatic carbocycles. The van der Waals surface area contributed by atoms with Crippen molar-refractivity contribution in [2.45, 2.75) is 12.6 Å². The van der Waals surface area contributed by atoms with E-state index in [9.17, 15) is 0 Å². The Morgan fingerprint density at radius 2 is 1.89 bits per heavy atom. The molecule has 94 valence electrons. The summed E-state index contributed by atoms with van der Waals surface area (Å²) in [5.74, 6) is 0. The largest absolute Gasteiger partial charge is 0.372 e. The smallest absolute Gasteiger partial charge is 0.107 e. The van der Waals surface area contributed by atoms with Crippen molar-refractivity contribution in [3.05, 3.63) is 70.2 Å². The van der Waals surface area contributed by atoms with Crippen molar-refractivity contribution in [2.24, 2.45) is 5.73 Å². The number of rotatable bonds is 4. The molecule has 0 fully saturated rings. The molecule has 0 aliphatic carbocycles. The van der Waals surface area contributed by atoms with Gasteiger partial charge in [-0.1, -0.05) is 48.0 Å². The predicted molar refractivity (Wildman–Crippen MR) is 74.6 cm³/mol. The second-order valence-electron chi connectivity index (χ2n) is 4.07. The number of hydrogen-bond donors (Lipinski definition) is 1. The van der Waals surface area contributed by atoms with Crippen LogP contribution in [-0.2, 0) is 11.3 Å². The first-order valence-corrected chi connectivity index (χ1v) is 6.20. The first kappa shape index (κ1) is 13.1. The molecule has 1 unspecified atom stereocenters. The van der Waals surface area contributed by atoms with E-state index in [0.717, 1.165) is 16.7 Å². The third-order valence-electron chi connectivity index (χ3n) is 2.95. The van der Waals surface area contributed by atoms with Crippen molar-refractivity contribution in [1.29, 1.82) is 0 Å². The molecule has 0 radical (unpaired) electrons. The highest BCUT2D eigenvalue weighted by Gasteiger charge is 2.16. The van der Waals surface area contributed by atoms with E-state index in [0.29, 0.717) is 11.6 Å². The summed E-state index contributed by atoms with van der Waals surface area (Å²) >= 11 is 5.99. The van der Waals surface area contributed by atoms with Gasteiger partial charge in [-0.2, -0.15) is 0 Å². The summed E-state index contributed by atoms with van der Waals surface area (Å²) in [5.41, 5.74) is 8.96. The van der Waals surface area contributed by atoms with Crippen LogP contribution in [-0.4, -0.2) is 7.11 Å². The van der Waals surface area contributed by atoms with Gasteiger partial charge in [-0.25, -0.2) is 0 Å². The van der Waals surface area contributed by atoms with Gasteiger partial charge in [-0.3, -0.25) is 0 Å². The maximum absolute atomic E-state index is 5.99. The molecular weight excluding hydrogens is 246 g/mol. The molecule has 0 aliphatic rings. The summed E-state index contributed by atoms with van der Waals surface area (Å²) in [6.07, 6.45) is -0.109. The van der Waals surface area contributed by atoms with Crippen LogP contribution in [0.3, 0.4) is 0 Å². The van der Waals surface area contributed by atoms with Crippen LogP contribution < -0.4 is 5.73 Å². The van der Waals surface area contributed by atoms with Gasteiger partial charge in [-0.05, 0) is 28.8 Å². The highest BCUT2D eigenvalue weighted by molar-refractivity contribution is 6.30. The molecule has 0 amide bonds. The summed E-state index contributed by atoms with van der Waals surface area (Å²) in [5, 5.41) is 0.696. The Balaban J connectivity index is 2.45. The zero-order valence-corrected chi connectivity index (χ0v) is 11.0. The molecule has 0 saturated heterocycles. The van der Waals surface area contributed by atoms with E-state index in [-0.39, 0.29) is 6.10 Å². The average Bonchev–Trinajstić information content (AvgIpc) is 2.42. The van der Waals surface area contributed by atoms with Crippen LogP contribution in [0.2, 0.25) is 5.02 Å². The minimum Gasteiger partial charge on any atom is -0.372 e. The van der Waals surface area contributed by atoms with Crippen LogP contribution in [0.5, 0.6) is 0 Å². The average molecular weight is 262 g/mol. The molecule has 2 aromatic rings. The fourth-order valence-corrected chi connectivity index (χ4v) is 2.27. The van der Waals surface area contributed by atoms with E-state index < -0.39 is 0 Å². The number of ether oxygens (including phenoxy) is 1. The van der Waals surface area contributed by atoms with E-state index in [4.69, 9.17) is 22.1 Å². The Morgan fingerprint density at radius 1 is 1.17 bits per heavy atom. The first-order valence-electron chi connectivity index (χ1n) is 5.82. The van der Waals surface area contributed by atoms with Crippen molar-refractivity contribution in [3.63, 3.8) is 0 Å². The van der Waals surface area contributed by atoms with Crippen LogP contribution >= 0.6 is 11.6 Å². The molecule has 2 N–H and O–H groups in total. The molecule has 2 rings (SSSR count). The van der Waals surface area contributed by atoms with Gasteiger partial charge >= 0.3 is 0 Å². The van der Waals surface area contributed by atoms with Crippen LogP contribution in [0.15, 0.2) is 48.5 Å². The lowest BCUT2D eigenvalue weighted by molar-refractivity contribution is 0.135. The minimum absolute atomic E-state index is 0.109. The van der Waals surface area contributed by atoms with E-state index in [1.165, 1.54) is 0 Å². The molecule has 18 heavy (non-hydrogen) atoms. The Hall–Kier alpha value is -1.35. The molecule has 0 saturated carbocycles. The second-order valence-corrected chi connectivity index (χ2v) is 4.51. The van der Waals surface area contributed by atoms with Gasteiger partial charge < -0.3 is 10.5 Å². The van der Waals surface area contributed by atoms with Gasteiger partial charge in [0.15, 0.2) is 0 Å². The number of methoxy groups -OCH3 is 1. The molecule has 0 aliphatic heterocycles. The predicted octanol–water partition coefficient (Wildman–Crippen LogP) is 3.53. The fraction of sp³-hybridized carbons (Fsp3) is 0.200. The lowest BCUT2D eigenvalue weighted by atomic mass is 9.96. The number of hydrogen-bond acceptors (Lipinski definition) is 2. The standard InChI is InChI=1S/C15H16ClNO/c1-18-15(11-5-3-2-4-6-11)14-8-7-13(16)9-12(14)10-17/h2-9,15H,10,17H2,1H3. The van der Waals surface area contributed by atoms with Crippen LogP contribution in [0.1, 0.15) is 22.8 Å². The van der Waals surface area contributed by atoms with E-state index in [2.05, 4.69) is 0 Å². The van der Waals surface area contributed by atoms with Gasteiger partial charge in [-0.15, -0.1) is 0 Å². The summed E-state index contributed by atoms with van der Waals surface area (Å²) in [6, 6.07) is 15.8. The van der Waals surface area contributed by atoms with Crippen LogP contribution in [0.4, 0.5) is 0 Å². The Labute approximate surface area is 112 Å². The molecule has 0 bridgehead atoms. The maximum atomic E-state index is 5.99. The summed E-state index contributed by atoms with van der Waals surface area (Å²) in [4.78, 5) is 0. The SMILES string of the molecule is COC(c1ccccc1)c1ccc(Cl)cc1CN. The Bertz CT molecular complexity index is 513. The lowest BCUT2D eigenvalue weighted by Crippen LogP contribution is -2.09. The molecule has 1 atom stereocenters. The highest BCUT2D eigenvalue weighted by atomic mass is 35.5. The van der Waals surface area contributed by atoms with Gasteiger partial charge in [0.05, 0.1) is 0 Å². The molecular formula is C15H16ClNO. The maximum Gasteiger partial charge on any atom is 0.107 e. The lowest BCUT2D eigenvalue weighted by Gasteiger charge is -2.19. The third-order valence-corrected chi connectivity index (χ3v) is 3.18. The Kier molecular flexibility index (Phi) is 4.37. The molecule has 2 nitrogen and oxygen atoms in total. The number of nitrogens with two attached hydrogens (primary N) is 1. The monoisotopic (exact) mass is 261 g/mol. The molecule has 3 heteroatoms.